The number of rotatable bonds is 5. The SMILES string of the molecule is CN=C(NCCCCC(F)(F)F)NC1CC2CCC1O2.I. The zero-order chi connectivity index (χ0) is 14.6. The van der Waals surface area contributed by atoms with Crippen molar-refractivity contribution in [2.45, 2.75) is 63.0 Å². The van der Waals surface area contributed by atoms with E-state index in [0.29, 0.717) is 25.0 Å². The maximum Gasteiger partial charge on any atom is 0.389 e. The molecule has 2 aliphatic rings. The van der Waals surface area contributed by atoms with Crippen LogP contribution in [0.4, 0.5) is 13.2 Å². The molecule has 2 heterocycles. The molecule has 0 aromatic rings. The van der Waals surface area contributed by atoms with Crippen LogP contribution in [-0.2, 0) is 4.74 Å². The molecule has 2 rings (SSSR count). The fourth-order valence-corrected chi connectivity index (χ4v) is 2.82. The van der Waals surface area contributed by atoms with E-state index in [1.54, 1.807) is 7.05 Å². The third kappa shape index (κ3) is 6.17. The lowest BCUT2D eigenvalue weighted by Crippen LogP contribution is -2.47. The number of hydrogen-bond acceptors (Lipinski definition) is 2. The van der Waals surface area contributed by atoms with Gasteiger partial charge in [-0.2, -0.15) is 13.2 Å². The first-order valence-corrected chi connectivity index (χ1v) is 7.17. The maximum atomic E-state index is 12.0. The second-order valence-electron chi connectivity index (χ2n) is 5.43. The molecule has 2 bridgehead atoms. The third-order valence-electron chi connectivity index (χ3n) is 3.83. The zero-order valence-electron chi connectivity index (χ0n) is 12.1. The third-order valence-corrected chi connectivity index (χ3v) is 3.83. The molecule has 0 aliphatic carbocycles. The number of fused-ring (bicyclic) bond motifs is 2. The van der Waals surface area contributed by atoms with Crippen molar-refractivity contribution in [2.75, 3.05) is 13.6 Å². The van der Waals surface area contributed by atoms with Crippen LogP contribution in [0.1, 0.15) is 38.5 Å². The van der Waals surface area contributed by atoms with Gasteiger partial charge < -0.3 is 15.4 Å². The Balaban J connectivity index is 0.00000220. The second kappa shape index (κ2) is 8.40. The molecule has 0 saturated carbocycles. The predicted molar refractivity (Wildman–Crippen MR) is 86.1 cm³/mol. The lowest BCUT2D eigenvalue weighted by atomic mass is 9.96. The Hall–Kier alpha value is -0.250. The van der Waals surface area contributed by atoms with Crippen LogP contribution in [0.2, 0.25) is 0 Å². The van der Waals surface area contributed by atoms with E-state index in [0.717, 1.165) is 19.3 Å². The summed E-state index contributed by atoms with van der Waals surface area (Å²) in [4.78, 5) is 4.10. The highest BCUT2D eigenvalue weighted by molar-refractivity contribution is 14.0. The summed E-state index contributed by atoms with van der Waals surface area (Å²) in [7, 11) is 1.67. The normalized spacial score (nSPS) is 28.4. The van der Waals surface area contributed by atoms with Crippen molar-refractivity contribution in [1.82, 2.24) is 10.6 Å². The Morgan fingerprint density at radius 1 is 1.29 bits per heavy atom. The van der Waals surface area contributed by atoms with Gasteiger partial charge in [0.1, 0.15) is 0 Å². The minimum atomic E-state index is -4.06. The number of nitrogens with one attached hydrogen (secondary N) is 2. The minimum absolute atomic E-state index is 0. The van der Waals surface area contributed by atoms with Crippen molar-refractivity contribution >= 4 is 29.9 Å². The van der Waals surface area contributed by atoms with Gasteiger partial charge in [0.25, 0.3) is 0 Å². The zero-order valence-corrected chi connectivity index (χ0v) is 14.4. The monoisotopic (exact) mass is 421 g/mol. The Morgan fingerprint density at radius 2 is 2.05 bits per heavy atom. The van der Waals surface area contributed by atoms with Crippen molar-refractivity contribution in [3.8, 4) is 0 Å². The average molecular weight is 421 g/mol. The molecule has 2 saturated heterocycles. The summed E-state index contributed by atoms with van der Waals surface area (Å²) in [5.41, 5.74) is 0. The molecule has 2 fully saturated rings. The van der Waals surface area contributed by atoms with Gasteiger partial charge in [0.2, 0.25) is 0 Å². The van der Waals surface area contributed by atoms with E-state index in [1.807, 2.05) is 0 Å². The number of aliphatic imine (C=N–C) groups is 1. The summed E-state index contributed by atoms with van der Waals surface area (Å²) in [6, 6.07) is 0.273. The first kappa shape index (κ1) is 18.8. The summed E-state index contributed by atoms with van der Waals surface area (Å²) in [6.07, 6.45) is -0.345. The molecule has 0 spiro atoms. The van der Waals surface area contributed by atoms with Crippen molar-refractivity contribution in [2.24, 2.45) is 4.99 Å². The van der Waals surface area contributed by atoms with Crippen LogP contribution in [-0.4, -0.2) is 44.0 Å². The van der Waals surface area contributed by atoms with Gasteiger partial charge in [0.15, 0.2) is 5.96 Å². The van der Waals surface area contributed by atoms with Crippen LogP contribution in [0.25, 0.3) is 0 Å². The van der Waals surface area contributed by atoms with Gasteiger partial charge in [-0.3, -0.25) is 4.99 Å². The van der Waals surface area contributed by atoms with Gasteiger partial charge in [-0.15, -0.1) is 24.0 Å². The molecule has 0 aromatic heterocycles. The van der Waals surface area contributed by atoms with Crippen molar-refractivity contribution in [3.63, 3.8) is 0 Å². The molecule has 3 unspecified atom stereocenters. The topological polar surface area (TPSA) is 45.7 Å². The van der Waals surface area contributed by atoms with E-state index >= 15 is 0 Å². The van der Waals surface area contributed by atoms with Crippen LogP contribution in [0.15, 0.2) is 4.99 Å². The van der Waals surface area contributed by atoms with Gasteiger partial charge >= 0.3 is 6.18 Å². The van der Waals surface area contributed by atoms with Crippen molar-refractivity contribution < 1.29 is 17.9 Å². The van der Waals surface area contributed by atoms with E-state index in [-0.39, 0.29) is 42.5 Å². The maximum absolute atomic E-state index is 12.0. The molecule has 0 amide bonds. The minimum Gasteiger partial charge on any atom is -0.373 e. The molecule has 21 heavy (non-hydrogen) atoms. The quantitative estimate of drug-likeness (QED) is 0.311. The standard InChI is InChI=1S/C13H22F3N3O.HI/c1-17-12(18-7-3-2-6-13(14,15)16)19-10-8-9-4-5-11(10)20-9;/h9-11H,2-8H2,1H3,(H2,17,18,19);1H. The number of hydrogen-bond donors (Lipinski definition) is 2. The fraction of sp³-hybridized carbons (Fsp3) is 0.923. The highest BCUT2D eigenvalue weighted by Crippen LogP contribution is 2.34. The van der Waals surface area contributed by atoms with E-state index in [1.165, 1.54) is 0 Å². The van der Waals surface area contributed by atoms with Gasteiger partial charge in [-0.05, 0) is 32.1 Å². The predicted octanol–water partition coefficient (Wildman–Crippen LogP) is 2.82. The van der Waals surface area contributed by atoms with E-state index in [2.05, 4.69) is 15.6 Å². The molecular formula is C13H23F3IN3O. The number of guanidine groups is 1. The van der Waals surface area contributed by atoms with E-state index < -0.39 is 12.6 Å². The van der Waals surface area contributed by atoms with Crippen LogP contribution >= 0.6 is 24.0 Å². The highest BCUT2D eigenvalue weighted by atomic mass is 127. The van der Waals surface area contributed by atoms with E-state index in [4.69, 9.17) is 4.74 Å². The Bertz CT molecular complexity index is 352. The number of halogens is 4. The molecular weight excluding hydrogens is 398 g/mol. The highest BCUT2D eigenvalue weighted by Gasteiger charge is 2.41. The van der Waals surface area contributed by atoms with Gasteiger partial charge in [-0.25, -0.2) is 0 Å². The number of unbranched alkanes of at least 4 members (excludes halogenated alkanes) is 1. The number of alkyl halides is 3. The van der Waals surface area contributed by atoms with Crippen LogP contribution in [0.3, 0.4) is 0 Å². The molecule has 4 nitrogen and oxygen atoms in total. The van der Waals surface area contributed by atoms with Gasteiger partial charge in [-0.1, -0.05) is 0 Å². The van der Waals surface area contributed by atoms with Crippen LogP contribution in [0, 0.1) is 0 Å². The number of nitrogens with zero attached hydrogens (tertiary/aromatic N) is 1. The smallest absolute Gasteiger partial charge is 0.373 e. The molecule has 3 atom stereocenters. The summed E-state index contributed by atoms with van der Waals surface area (Å²) in [5, 5.41) is 6.35. The van der Waals surface area contributed by atoms with E-state index in [9.17, 15) is 13.2 Å². The molecule has 0 radical (unpaired) electrons. The first-order chi connectivity index (χ1) is 9.48. The van der Waals surface area contributed by atoms with Gasteiger partial charge in [0, 0.05) is 20.0 Å². The van der Waals surface area contributed by atoms with Crippen LogP contribution < -0.4 is 10.6 Å². The Morgan fingerprint density at radius 3 is 2.57 bits per heavy atom. The second-order valence-corrected chi connectivity index (χ2v) is 5.43. The summed E-state index contributed by atoms with van der Waals surface area (Å²) >= 11 is 0. The molecule has 2 N–H and O–H groups in total. The van der Waals surface area contributed by atoms with Gasteiger partial charge in [0.05, 0.1) is 18.2 Å². The molecule has 124 valence electrons. The van der Waals surface area contributed by atoms with Crippen molar-refractivity contribution in [3.05, 3.63) is 0 Å². The summed E-state index contributed by atoms with van der Waals surface area (Å²) < 4.78 is 41.7. The fourth-order valence-electron chi connectivity index (χ4n) is 2.82. The lowest BCUT2D eigenvalue weighted by molar-refractivity contribution is -0.135. The summed E-state index contributed by atoms with van der Waals surface area (Å²) in [6.45, 7) is 0.497. The molecule has 0 aromatic carbocycles. The van der Waals surface area contributed by atoms with Crippen molar-refractivity contribution in [1.29, 1.82) is 0 Å². The largest absolute Gasteiger partial charge is 0.389 e. The molecule has 8 heteroatoms. The summed E-state index contributed by atoms with van der Waals surface area (Å²) in [5.74, 6) is 0.651. The first-order valence-electron chi connectivity index (χ1n) is 7.17. The Labute approximate surface area is 140 Å². The number of ether oxygens (including phenoxy) is 1. The average Bonchev–Trinajstić information content (AvgIpc) is 2.97. The Kier molecular flexibility index (Phi) is 7.52. The molecule has 2 aliphatic heterocycles. The lowest BCUT2D eigenvalue weighted by Gasteiger charge is -2.22. The van der Waals surface area contributed by atoms with Crippen LogP contribution in [0.5, 0.6) is 0 Å².